The van der Waals surface area contributed by atoms with Crippen LogP contribution >= 0.6 is 0 Å². The van der Waals surface area contributed by atoms with Gasteiger partial charge in [0, 0.05) is 95.7 Å². The van der Waals surface area contributed by atoms with Crippen LogP contribution in [0.25, 0.3) is 0 Å². The first-order valence-corrected chi connectivity index (χ1v) is 13.7. The van der Waals surface area contributed by atoms with Crippen LogP contribution in [0.2, 0.25) is 0 Å². The van der Waals surface area contributed by atoms with Crippen LogP contribution in [0.1, 0.15) is 55.4 Å². The van der Waals surface area contributed by atoms with Crippen LogP contribution in [-0.4, -0.2) is 125 Å². The fourth-order valence-electron chi connectivity index (χ4n) is 5.36. The van der Waals surface area contributed by atoms with Crippen molar-refractivity contribution in [1.29, 1.82) is 0 Å². The maximum Gasteiger partial charge on any atom is 0.232 e. The average molecular weight is 488 g/mol. The number of piperazine rings is 3. The molecule has 0 N–H and O–H groups in total. The smallest absolute Gasteiger partial charge is 0.232 e. The Balaban J connectivity index is 1.54. The first-order chi connectivity index (χ1) is 16.4. The predicted molar refractivity (Wildman–Crippen MR) is 146 cm³/mol. The molecule has 3 saturated heterocycles. The van der Waals surface area contributed by atoms with E-state index in [-0.39, 0.29) is 11.1 Å². The summed E-state index contributed by atoms with van der Waals surface area (Å²) in [4.78, 5) is 29.9. The van der Waals surface area contributed by atoms with Crippen LogP contribution < -0.4 is 14.7 Å². The number of hydrogen-bond acceptors (Lipinski definition) is 9. The van der Waals surface area contributed by atoms with Crippen LogP contribution in [0.15, 0.2) is 0 Å². The Kier molecular flexibility index (Phi) is 7.79. The summed E-state index contributed by atoms with van der Waals surface area (Å²) < 4.78 is 0. The lowest BCUT2D eigenvalue weighted by atomic mass is 10.1. The summed E-state index contributed by atoms with van der Waals surface area (Å²) in [5.74, 6) is 2.55. The van der Waals surface area contributed by atoms with Gasteiger partial charge in [0.25, 0.3) is 0 Å². The van der Waals surface area contributed by atoms with Crippen LogP contribution in [-0.2, 0) is 0 Å². The van der Waals surface area contributed by atoms with Gasteiger partial charge in [-0.25, -0.2) is 0 Å². The summed E-state index contributed by atoms with van der Waals surface area (Å²) in [6, 6.07) is 0.583. The van der Waals surface area contributed by atoms with Crippen molar-refractivity contribution < 1.29 is 0 Å². The molecule has 9 heteroatoms. The van der Waals surface area contributed by atoms with Gasteiger partial charge in [-0.15, -0.1) is 0 Å². The van der Waals surface area contributed by atoms with E-state index in [4.69, 9.17) is 15.0 Å². The number of rotatable bonds is 4. The second-order valence-corrected chi connectivity index (χ2v) is 12.6. The molecule has 0 saturated carbocycles. The molecule has 0 bridgehead atoms. The van der Waals surface area contributed by atoms with Crippen molar-refractivity contribution in [3.8, 4) is 0 Å². The van der Waals surface area contributed by atoms with Crippen LogP contribution in [0.3, 0.4) is 0 Å². The molecule has 35 heavy (non-hydrogen) atoms. The van der Waals surface area contributed by atoms with Gasteiger partial charge < -0.3 is 14.7 Å². The third-order valence-corrected chi connectivity index (χ3v) is 7.95. The number of nitrogens with zero attached hydrogens (tertiary/aromatic N) is 9. The van der Waals surface area contributed by atoms with E-state index in [0.29, 0.717) is 6.04 Å². The van der Waals surface area contributed by atoms with E-state index < -0.39 is 0 Å². The first kappa shape index (κ1) is 26.4. The summed E-state index contributed by atoms with van der Waals surface area (Å²) in [6.45, 7) is 30.4. The number of anilines is 3. The van der Waals surface area contributed by atoms with Crippen molar-refractivity contribution in [3.05, 3.63) is 0 Å². The van der Waals surface area contributed by atoms with Crippen molar-refractivity contribution >= 4 is 17.8 Å². The summed E-state index contributed by atoms with van der Waals surface area (Å²) in [5, 5.41) is 0. The van der Waals surface area contributed by atoms with Gasteiger partial charge >= 0.3 is 0 Å². The Hall–Kier alpha value is -1.71. The number of aromatic nitrogens is 3. The molecule has 1 aromatic rings. The third kappa shape index (κ3) is 6.35. The van der Waals surface area contributed by atoms with E-state index in [0.717, 1.165) is 96.4 Å². The molecule has 0 aliphatic carbocycles. The molecular formula is C26H49N9. The molecule has 0 aromatic carbocycles. The van der Waals surface area contributed by atoms with Crippen molar-refractivity contribution in [2.75, 3.05) is 93.2 Å². The third-order valence-electron chi connectivity index (χ3n) is 7.95. The summed E-state index contributed by atoms with van der Waals surface area (Å²) in [5.41, 5.74) is 0.397. The van der Waals surface area contributed by atoms with Gasteiger partial charge in [-0.2, -0.15) is 15.0 Å². The van der Waals surface area contributed by atoms with Crippen molar-refractivity contribution in [1.82, 2.24) is 29.7 Å². The fourth-order valence-corrected chi connectivity index (χ4v) is 5.36. The van der Waals surface area contributed by atoms with Gasteiger partial charge in [0.05, 0.1) is 0 Å². The maximum atomic E-state index is 5.05. The summed E-state index contributed by atoms with van der Waals surface area (Å²) >= 11 is 0. The Bertz CT molecular complexity index is 768. The predicted octanol–water partition coefficient (Wildman–Crippen LogP) is 2.24. The van der Waals surface area contributed by atoms with E-state index >= 15 is 0 Å². The lowest BCUT2D eigenvalue weighted by molar-refractivity contribution is 0.127. The molecule has 4 rings (SSSR count). The molecular weight excluding hydrogens is 438 g/mol. The van der Waals surface area contributed by atoms with Gasteiger partial charge in [0.15, 0.2) is 0 Å². The van der Waals surface area contributed by atoms with Crippen LogP contribution in [0, 0.1) is 0 Å². The largest absolute Gasteiger partial charge is 0.338 e. The van der Waals surface area contributed by atoms with Crippen molar-refractivity contribution in [2.45, 2.75) is 72.5 Å². The minimum atomic E-state index is 0.199. The lowest BCUT2D eigenvalue weighted by Gasteiger charge is -2.43. The van der Waals surface area contributed by atoms with E-state index in [1.54, 1.807) is 0 Å². The van der Waals surface area contributed by atoms with Gasteiger partial charge in [-0.1, -0.05) is 0 Å². The highest BCUT2D eigenvalue weighted by atomic mass is 15.4. The molecule has 3 aliphatic rings. The monoisotopic (exact) mass is 487 g/mol. The SMILES string of the molecule is CC(C)N1CCN(c2nc(N3CCN(C(C)(C)C)CC3)nc(N3CCN(C(C)(C)C)CC3)n2)CC1. The maximum absolute atomic E-state index is 5.05. The Labute approximate surface area is 213 Å². The summed E-state index contributed by atoms with van der Waals surface area (Å²) in [7, 11) is 0. The zero-order valence-electron chi connectivity index (χ0n) is 23.6. The Morgan fingerprint density at radius 3 is 1.03 bits per heavy atom. The zero-order valence-corrected chi connectivity index (χ0v) is 23.6. The van der Waals surface area contributed by atoms with Crippen LogP contribution in [0.4, 0.5) is 17.8 Å². The second-order valence-electron chi connectivity index (χ2n) is 12.6. The Morgan fingerprint density at radius 1 is 0.486 bits per heavy atom. The molecule has 0 unspecified atom stereocenters. The van der Waals surface area contributed by atoms with Crippen LogP contribution in [0.5, 0.6) is 0 Å². The molecule has 0 spiro atoms. The number of hydrogen-bond donors (Lipinski definition) is 0. The topological polar surface area (TPSA) is 58.1 Å². The summed E-state index contributed by atoms with van der Waals surface area (Å²) in [6.07, 6.45) is 0. The lowest BCUT2D eigenvalue weighted by Crippen LogP contribution is -2.55. The van der Waals surface area contributed by atoms with Crippen molar-refractivity contribution in [3.63, 3.8) is 0 Å². The standard InChI is InChI=1S/C26H49N9/c1-21(2)30-9-11-31(12-10-30)22-27-23(32-13-17-34(18-14-32)25(3,4)5)29-24(28-22)33-15-19-35(20-16-33)26(6,7)8/h21H,9-20H2,1-8H3. The van der Waals surface area contributed by atoms with Gasteiger partial charge in [0.2, 0.25) is 17.8 Å². The molecule has 1 aromatic heterocycles. The van der Waals surface area contributed by atoms with E-state index in [1.807, 2.05) is 0 Å². The van der Waals surface area contributed by atoms with E-state index in [2.05, 4.69) is 84.8 Å². The highest BCUT2D eigenvalue weighted by Gasteiger charge is 2.31. The minimum Gasteiger partial charge on any atom is -0.338 e. The molecule has 9 nitrogen and oxygen atoms in total. The Morgan fingerprint density at radius 2 is 0.771 bits per heavy atom. The second kappa shape index (κ2) is 10.3. The first-order valence-electron chi connectivity index (χ1n) is 13.7. The molecule has 4 heterocycles. The van der Waals surface area contributed by atoms with Crippen molar-refractivity contribution in [2.24, 2.45) is 0 Å². The molecule has 198 valence electrons. The fraction of sp³-hybridized carbons (Fsp3) is 0.885. The quantitative estimate of drug-likeness (QED) is 0.636. The minimum absolute atomic E-state index is 0.199. The normalized spacial score (nSPS) is 22.4. The zero-order chi connectivity index (χ0) is 25.4. The van der Waals surface area contributed by atoms with Gasteiger partial charge in [0.1, 0.15) is 0 Å². The highest BCUT2D eigenvalue weighted by molar-refractivity contribution is 5.47. The molecule has 3 aliphatic heterocycles. The molecule has 0 amide bonds. The molecule has 0 radical (unpaired) electrons. The van der Waals surface area contributed by atoms with Gasteiger partial charge in [-0.3, -0.25) is 14.7 Å². The molecule has 0 atom stereocenters. The average Bonchev–Trinajstić information content (AvgIpc) is 2.83. The van der Waals surface area contributed by atoms with E-state index in [1.165, 1.54) is 0 Å². The van der Waals surface area contributed by atoms with E-state index in [9.17, 15) is 0 Å². The molecule has 3 fully saturated rings. The van der Waals surface area contributed by atoms with Gasteiger partial charge in [-0.05, 0) is 55.4 Å². The highest BCUT2D eigenvalue weighted by Crippen LogP contribution is 2.25.